The van der Waals surface area contributed by atoms with Gasteiger partial charge in [-0.05, 0) is 27.7 Å². The molecular formula is C10H17N3. The molecule has 0 fully saturated rings. The molecule has 1 aromatic rings. The summed E-state index contributed by atoms with van der Waals surface area (Å²) in [5.74, 6) is 1.99. The van der Waals surface area contributed by atoms with Crippen LogP contribution in [0.3, 0.4) is 0 Å². The summed E-state index contributed by atoms with van der Waals surface area (Å²) in [6, 6.07) is 0. The number of hydrogen-bond donors (Lipinski definition) is 1. The lowest BCUT2D eigenvalue weighted by atomic mass is 10.4. The number of aromatic nitrogens is 2. The SMILES string of the molecule is C/C=C(\C)Nc1nc(C)n(C)c1C. The zero-order valence-corrected chi connectivity index (χ0v) is 8.97. The van der Waals surface area contributed by atoms with Gasteiger partial charge in [0, 0.05) is 12.7 Å². The maximum atomic E-state index is 4.41. The van der Waals surface area contributed by atoms with Gasteiger partial charge in [-0.1, -0.05) is 6.08 Å². The normalized spacial score (nSPS) is 11.9. The van der Waals surface area contributed by atoms with Crippen molar-refractivity contribution in [1.29, 1.82) is 0 Å². The van der Waals surface area contributed by atoms with Crippen LogP contribution in [-0.4, -0.2) is 9.55 Å². The fourth-order valence-corrected chi connectivity index (χ4v) is 1.10. The Morgan fingerprint density at radius 2 is 2.08 bits per heavy atom. The summed E-state index contributed by atoms with van der Waals surface area (Å²) in [5, 5.41) is 3.25. The van der Waals surface area contributed by atoms with E-state index < -0.39 is 0 Å². The van der Waals surface area contributed by atoms with E-state index in [4.69, 9.17) is 0 Å². The van der Waals surface area contributed by atoms with Crippen molar-refractivity contribution in [1.82, 2.24) is 9.55 Å². The van der Waals surface area contributed by atoms with Crippen molar-refractivity contribution < 1.29 is 0 Å². The van der Waals surface area contributed by atoms with E-state index in [1.165, 1.54) is 5.69 Å². The number of anilines is 1. The van der Waals surface area contributed by atoms with E-state index in [2.05, 4.69) is 21.8 Å². The minimum absolute atomic E-state index is 0.954. The number of imidazole rings is 1. The topological polar surface area (TPSA) is 29.9 Å². The molecule has 0 aliphatic carbocycles. The average molecular weight is 179 g/mol. The highest BCUT2D eigenvalue weighted by atomic mass is 15.1. The maximum Gasteiger partial charge on any atom is 0.151 e. The molecule has 0 unspecified atom stereocenters. The van der Waals surface area contributed by atoms with Crippen molar-refractivity contribution in [2.45, 2.75) is 27.7 Å². The van der Waals surface area contributed by atoms with Crippen LogP contribution in [-0.2, 0) is 7.05 Å². The van der Waals surface area contributed by atoms with Crippen LogP contribution in [0.2, 0.25) is 0 Å². The van der Waals surface area contributed by atoms with Crippen LogP contribution in [0.1, 0.15) is 25.4 Å². The molecule has 0 radical (unpaired) electrons. The summed E-state index contributed by atoms with van der Waals surface area (Å²) in [6.45, 7) is 8.10. The molecule has 0 aliphatic rings. The van der Waals surface area contributed by atoms with E-state index in [-0.39, 0.29) is 0 Å². The zero-order valence-electron chi connectivity index (χ0n) is 8.97. The van der Waals surface area contributed by atoms with Crippen LogP contribution in [0.5, 0.6) is 0 Å². The number of nitrogens with zero attached hydrogens (tertiary/aromatic N) is 2. The number of rotatable bonds is 2. The third kappa shape index (κ3) is 1.91. The lowest BCUT2D eigenvalue weighted by Crippen LogP contribution is -1.98. The van der Waals surface area contributed by atoms with Crippen molar-refractivity contribution in [3.8, 4) is 0 Å². The largest absolute Gasteiger partial charge is 0.343 e. The Labute approximate surface area is 79.5 Å². The molecule has 0 saturated heterocycles. The van der Waals surface area contributed by atoms with Gasteiger partial charge in [0.2, 0.25) is 0 Å². The Hall–Kier alpha value is -1.25. The smallest absolute Gasteiger partial charge is 0.151 e. The highest BCUT2D eigenvalue weighted by Gasteiger charge is 2.06. The molecule has 1 rings (SSSR count). The van der Waals surface area contributed by atoms with Crippen LogP contribution in [0.15, 0.2) is 11.8 Å². The highest BCUT2D eigenvalue weighted by Crippen LogP contribution is 2.15. The first-order valence-electron chi connectivity index (χ1n) is 4.46. The summed E-state index contributed by atoms with van der Waals surface area (Å²) in [7, 11) is 2.02. The van der Waals surface area contributed by atoms with Crippen molar-refractivity contribution in [2.24, 2.45) is 7.05 Å². The molecule has 0 atom stereocenters. The van der Waals surface area contributed by atoms with Crippen LogP contribution >= 0.6 is 0 Å². The molecule has 13 heavy (non-hydrogen) atoms. The average Bonchev–Trinajstić information content (AvgIpc) is 2.34. The van der Waals surface area contributed by atoms with Crippen molar-refractivity contribution in [2.75, 3.05) is 5.32 Å². The third-order valence-electron chi connectivity index (χ3n) is 2.35. The predicted octanol–water partition coefficient (Wildman–Crippen LogP) is 2.37. The molecule has 0 aliphatic heterocycles. The summed E-state index contributed by atoms with van der Waals surface area (Å²) in [6.07, 6.45) is 2.03. The first-order valence-corrected chi connectivity index (χ1v) is 4.46. The third-order valence-corrected chi connectivity index (χ3v) is 2.35. The summed E-state index contributed by atoms with van der Waals surface area (Å²) in [4.78, 5) is 4.41. The Kier molecular flexibility index (Phi) is 2.76. The van der Waals surface area contributed by atoms with Gasteiger partial charge in [-0.15, -0.1) is 0 Å². The minimum Gasteiger partial charge on any atom is -0.343 e. The second-order valence-corrected chi connectivity index (χ2v) is 3.25. The van der Waals surface area contributed by atoms with Crippen LogP contribution < -0.4 is 5.32 Å². The first kappa shape index (κ1) is 9.84. The van der Waals surface area contributed by atoms with Gasteiger partial charge < -0.3 is 9.88 Å². The number of hydrogen-bond acceptors (Lipinski definition) is 2. The Morgan fingerprint density at radius 1 is 1.46 bits per heavy atom. The van der Waals surface area contributed by atoms with Gasteiger partial charge in [0.1, 0.15) is 5.82 Å². The zero-order chi connectivity index (χ0) is 10.0. The van der Waals surface area contributed by atoms with Crippen molar-refractivity contribution in [3.63, 3.8) is 0 Å². The van der Waals surface area contributed by atoms with E-state index >= 15 is 0 Å². The predicted molar refractivity (Wildman–Crippen MR) is 55.7 cm³/mol. The second kappa shape index (κ2) is 3.64. The molecule has 0 amide bonds. The number of allylic oxidation sites excluding steroid dienone is 2. The summed E-state index contributed by atoms with van der Waals surface area (Å²) in [5.41, 5.74) is 2.29. The van der Waals surface area contributed by atoms with Gasteiger partial charge in [-0.25, -0.2) is 4.98 Å². The van der Waals surface area contributed by atoms with Crippen LogP contribution in [0.25, 0.3) is 0 Å². The molecule has 3 heteroatoms. The monoisotopic (exact) mass is 179 g/mol. The van der Waals surface area contributed by atoms with E-state index in [9.17, 15) is 0 Å². The molecular weight excluding hydrogens is 162 g/mol. The molecule has 3 nitrogen and oxygen atoms in total. The quantitative estimate of drug-likeness (QED) is 0.755. The van der Waals surface area contributed by atoms with Gasteiger partial charge in [0.15, 0.2) is 5.82 Å². The second-order valence-electron chi connectivity index (χ2n) is 3.25. The standard InChI is InChI=1S/C10H17N3/c1-6-7(2)11-10-8(3)13(5)9(4)12-10/h6,11H,1-5H3/b7-6+. The number of nitrogens with one attached hydrogen (secondary N) is 1. The molecule has 1 aromatic heterocycles. The van der Waals surface area contributed by atoms with E-state index in [1.54, 1.807) is 0 Å². The van der Waals surface area contributed by atoms with Crippen molar-refractivity contribution in [3.05, 3.63) is 23.3 Å². The van der Waals surface area contributed by atoms with E-state index in [0.717, 1.165) is 17.3 Å². The molecule has 0 bridgehead atoms. The van der Waals surface area contributed by atoms with Gasteiger partial charge in [0.25, 0.3) is 0 Å². The lowest BCUT2D eigenvalue weighted by molar-refractivity contribution is 0.827. The Morgan fingerprint density at radius 3 is 2.46 bits per heavy atom. The van der Waals surface area contributed by atoms with Crippen LogP contribution in [0.4, 0.5) is 5.82 Å². The van der Waals surface area contributed by atoms with Crippen molar-refractivity contribution >= 4 is 5.82 Å². The van der Waals surface area contributed by atoms with Crippen LogP contribution in [0, 0.1) is 13.8 Å². The highest BCUT2D eigenvalue weighted by molar-refractivity contribution is 5.46. The van der Waals surface area contributed by atoms with Gasteiger partial charge in [-0.2, -0.15) is 0 Å². The molecule has 0 spiro atoms. The first-order chi connectivity index (χ1) is 6.06. The van der Waals surface area contributed by atoms with Gasteiger partial charge in [0.05, 0.1) is 5.69 Å². The fraction of sp³-hybridized carbons (Fsp3) is 0.500. The maximum absolute atomic E-state index is 4.41. The fourth-order valence-electron chi connectivity index (χ4n) is 1.10. The van der Waals surface area contributed by atoms with E-state index in [0.29, 0.717) is 0 Å². The Bertz CT molecular complexity index is 334. The molecule has 0 aromatic carbocycles. The lowest BCUT2D eigenvalue weighted by Gasteiger charge is -2.03. The molecule has 1 N–H and O–H groups in total. The summed E-state index contributed by atoms with van der Waals surface area (Å²) >= 11 is 0. The molecule has 72 valence electrons. The number of aryl methyl sites for hydroxylation is 1. The van der Waals surface area contributed by atoms with Gasteiger partial charge >= 0.3 is 0 Å². The molecule has 0 saturated carbocycles. The van der Waals surface area contributed by atoms with E-state index in [1.807, 2.05) is 33.9 Å². The minimum atomic E-state index is 0.954. The van der Waals surface area contributed by atoms with Gasteiger partial charge in [-0.3, -0.25) is 0 Å². The Balaban J connectivity index is 2.96. The molecule has 1 heterocycles. The summed E-state index contributed by atoms with van der Waals surface area (Å²) < 4.78 is 2.07.